The number of H-pyrrole nitrogens is 1. The van der Waals surface area contributed by atoms with Gasteiger partial charge in [0.15, 0.2) is 6.67 Å². The van der Waals surface area contributed by atoms with E-state index in [9.17, 15) is 22.8 Å². The van der Waals surface area contributed by atoms with Gasteiger partial charge in [0.25, 0.3) is 11.7 Å². The van der Waals surface area contributed by atoms with Gasteiger partial charge in [0.05, 0.1) is 5.56 Å². The van der Waals surface area contributed by atoms with Crippen LogP contribution < -0.4 is 20.1 Å². The first-order valence-electron chi connectivity index (χ1n) is 10.5. The van der Waals surface area contributed by atoms with Crippen molar-refractivity contribution in [1.82, 2.24) is 10.2 Å². The van der Waals surface area contributed by atoms with Crippen LogP contribution in [0.3, 0.4) is 0 Å². The van der Waals surface area contributed by atoms with Crippen LogP contribution in [0.1, 0.15) is 38.2 Å². The maximum atomic E-state index is 13.1. The number of hydrogen-bond acceptors (Lipinski definition) is 3. The molecule has 1 spiro atoms. The zero-order valence-electron chi connectivity index (χ0n) is 17.0. The second-order valence-electron chi connectivity index (χ2n) is 8.64. The molecular formula is C20H28F3N5O2+2. The van der Waals surface area contributed by atoms with E-state index in [0.29, 0.717) is 45.1 Å². The number of halogens is 3. The molecule has 30 heavy (non-hydrogen) atoms. The number of rotatable bonds is 3. The van der Waals surface area contributed by atoms with Crippen molar-refractivity contribution in [3.63, 3.8) is 0 Å². The third-order valence-corrected chi connectivity index (χ3v) is 6.82. The summed E-state index contributed by atoms with van der Waals surface area (Å²) in [7, 11) is 0. The number of piperazine rings is 1. The fourth-order valence-electron chi connectivity index (χ4n) is 4.87. The number of hydrogen-bond donors (Lipinski definition) is 2. The maximum absolute atomic E-state index is 13.1. The molecule has 0 unspecified atom stereocenters. The number of aromatic nitrogens is 1. The van der Waals surface area contributed by atoms with Crippen molar-refractivity contribution >= 4 is 17.8 Å². The van der Waals surface area contributed by atoms with Crippen molar-refractivity contribution in [2.45, 2.75) is 44.3 Å². The predicted molar refractivity (Wildman–Crippen MR) is 102 cm³/mol. The number of alkyl halides is 3. The Bertz CT molecular complexity index is 808. The van der Waals surface area contributed by atoms with E-state index in [0.717, 1.165) is 36.4 Å². The maximum Gasteiger partial charge on any atom is 0.419 e. The van der Waals surface area contributed by atoms with Crippen molar-refractivity contribution in [3.05, 3.63) is 23.9 Å². The SMILES string of the molecule is C[C@@H]1CCCC[C@@]12NC(=O)N(C[NH+]1CCN(c3ccc(C(F)(F)F)c[nH+]3)CC1)C2=O. The number of amides is 3. The van der Waals surface area contributed by atoms with E-state index in [2.05, 4.69) is 10.3 Å². The quantitative estimate of drug-likeness (QED) is 0.698. The summed E-state index contributed by atoms with van der Waals surface area (Å²) in [6, 6.07) is 2.21. The number of anilines is 1. The number of pyridine rings is 1. The van der Waals surface area contributed by atoms with Gasteiger partial charge in [-0.25, -0.2) is 14.7 Å². The zero-order chi connectivity index (χ0) is 21.5. The second-order valence-corrected chi connectivity index (χ2v) is 8.64. The normalized spacial score (nSPS) is 28.3. The summed E-state index contributed by atoms with van der Waals surface area (Å²) >= 11 is 0. The summed E-state index contributed by atoms with van der Waals surface area (Å²) in [6.45, 7) is 4.99. The number of nitrogens with zero attached hydrogens (tertiary/aromatic N) is 2. The average molecular weight is 427 g/mol. The van der Waals surface area contributed by atoms with Gasteiger partial charge in [-0.3, -0.25) is 9.69 Å². The van der Waals surface area contributed by atoms with Gasteiger partial charge < -0.3 is 10.2 Å². The average Bonchev–Trinajstić information content (AvgIpc) is 2.95. The highest BCUT2D eigenvalue weighted by molar-refractivity contribution is 6.07. The molecule has 3 fully saturated rings. The van der Waals surface area contributed by atoms with Crippen LogP contribution in [0.25, 0.3) is 0 Å². The highest BCUT2D eigenvalue weighted by atomic mass is 19.4. The monoisotopic (exact) mass is 427 g/mol. The molecule has 10 heteroatoms. The van der Waals surface area contributed by atoms with E-state index >= 15 is 0 Å². The number of carbonyl (C=O) groups excluding carboxylic acids is 2. The van der Waals surface area contributed by atoms with Crippen LogP contribution in [0.15, 0.2) is 18.3 Å². The fraction of sp³-hybridized carbons (Fsp3) is 0.650. The van der Waals surface area contributed by atoms with E-state index in [1.807, 2.05) is 11.8 Å². The molecule has 7 nitrogen and oxygen atoms in total. The molecule has 0 aromatic carbocycles. The Morgan fingerprint density at radius 3 is 2.57 bits per heavy atom. The number of quaternary nitrogens is 1. The molecule has 4 rings (SSSR count). The Kier molecular flexibility index (Phi) is 5.37. The lowest BCUT2D eigenvalue weighted by Crippen LogP contribution is -3.16. The minimum Gasteiger partial charge on any atom is -0.323 e. The minimum absolute atomic E-state index is 0.106. The van der Waals surface area contributed by atoms with Crippen molar-refractivity contribution in [2.24, 2.45) is 5.92 Å². The zero-order valence-corrected chi connectivity index (χ0v) is 17.0. The summed E-state index contributed by atoms with van der Waals surface area (Å²) in [4.78, 5) is 32.8. The largest absolute Gasteiger partial charge is 0.419 e. The fourth-order valence-corrected chi connectivity index (χ4v) is 4.87. The van der Waals surface area contributed by atoms with E-state index < -0.39 is 17.3 Å². The van der Waals surface area contributed by atoms with Gasteiger partial charge >= 0.3 is 12.2 Å². The highest BCUT2D eigenvalue weighted by Crippen LogP contribution is 2.37. The topological polar surface area (TPSA) is 71.2 Å². The van der Waals surface area contributed by atoms with Gasteiger partial charge in [-0.15, -0.1) is 0 Å². The van der Waals surface area contributed by atoms with Gasteiger partial charge in [-0.2, -0.15) is 13.2 Å². The number of aromatic amines is 1. The molecule has 3 heterocycles. The van der Waals surface area contributed by atoms with Crippen molar-refractivity contribution < 1.29 is 32.6 Å². The Labute approximate surface area is 173 Å². The molecule has 1 aliphatic carbocycles. The number of nitrogens with one attached hydrogen (secondary N) is 3. The molecule has 1 saturated carbocycles. The smallest absolute Gasteiger partial charge is 0.323 e. The van der Waals surface area contributed by atoms with Gasteiger partial charge in [0.1, 0.15) is 37.9 Å². The summed E-state index contributed by atoms with van der Waals surface area (Å²) in [5, 5.41) is 2.98. The summed E-state index contributed by atoms with van der Waals surface area (Å²) in [5.41, 5.74) is -1.45. The molecule has 0 bridgehead atoms. The molecule has 2 saturated heterocycles. The van der Waals surface area contributed by atoms with E-state index in [4.69, 9.17) is 0 Å². The van der Waals surface area contributed by atoms with Gasteiger partial charge in [0.2, 0.25) is 0 Å². The van der Waals surface area contributed by atoms with Crippen LogP contribution in [-0.2, 0) is 11.0 Å². The standard InChI is InChI=1S/C20H26F3N5O2/c1-14-4-2-3-7-19(14)17(29)28(18(30)25-19)13-26-8-10-27(11-9-26)16-6-5-15(12-24-16)20(21,22)23/h5-6,12,14H,2-4,7-11,13H2,1H3,(H,25,30)/p+2/t14-,19-/m1/s1. The number of urea groups is 1. The van der Waals surface area contributed by atoms with Crippen LogP contribution in [0.5, 0.6) is 0 Å². The summed E-state index contributed by atoms with van der Waals surface area (Å²) in [6.07, 6.45) is 0.275. The number of carbonyl (C=O) groups is 2. The molecule has 3 N–H and O–H groups in total. The molecule has 2 atom stereocenters. The summed E-state index contributed by atoms with van der Waals surface area (Å²) < 4.78 is 38.2. The molecule has 164 valence electrons. The van der Waals surface area contributed by atoms with Crippen molar-refractivity contribution in [2.75, 3.05) is 37.7 Å². The van der Waals surface area contributed by atoms with Crippen molar-refractivity contribution in [3.8, 4) is 0 Å². The lowest BCUT2D eigenvalue weighted by atomic mass is 9.73. The van der Waals surface area contributed by atoms with Gasteiger partial charge in [-0.1, -0.05) is 19.8 Å². The first kappa shape index (κ1) is 20.9. The Morgan fingerprint density at radius 1 is 1.23 bits per heavy atom. The number of imide groups is 1. The molecule has 0 radical (unpaired) electrons. The highest BCUT2D eigenvalue weighted by Gasteiger charge is 2.55. The van der Waals surface area contributed by atoms with Crippen molar-refractivity contribution in [1.29, 1.82) is 0 Å². The van der Waals surface area contributed by atoms with Gasteiger partial charge in [-0.05, 0) is 24.8 Å². The van der Waals surface area contributed by atoms with Crippen LogP contribution in [0, 0.1) is 5.92 Å². The molecule has 3 amide bonds. The second kappa shape index (κ2) is 7.72. The van der Waals surface area contributed by atoms with E-state index in [1.54, 1.807) is 0 Å². The summed E-state index contributed by atoms with van der Waals surface area (Å²) in [5.74, 6) is 0.660. The van der Waals surface area contributed by atoms with E-state index in [-0.39, 0.29) is 17.9 Å². The molecular weight excluding hydrogens is 399 g/mol. The first-order valence-corrected chi connectivity index (χ1v) is 10.5. The molecule has 2 aliphatic heterocycles. The van der Waals surface area contributed by atoms with E-state index in [1.165, 1.54) is 11.0 Å². The van der Waals surface area contributed by atoms with Crippen LogP contribution in [0.4, 0.5) is 23.8 Å². The Balaban J connectivity index is 1.35. The molecule has 1 aromatic heterocycles. The third kappa shape index (κ3) is 3.73. The Morgan fingerprint density at radius 2 is 1.97 bits per heavy atom. The van der Waals surface area contributed by atoms with Gasteiger partial charge in [0, 0.05) is 6.07 Å². The predicted octanol–water partition coefficient (Wildman–Crippen LogP) is 0.683. The lowest BCUT2D eigenvalue weighted by molar-refractivity contribution is -0.908. The van der Waals surface area contributed by atoms with Crippen LogP contribution in [0.2, 0.25) is 0 Å². The third-order valence-electron chi connectivity index (χ3n) is 6.82. The molecule has 1 aromatic rings. The lowest BCUT2D eigenvalue weighted by Gasteiger charge is -2.37. The first-order chi connectivity index (χ1) is 14.2. The van der Waals surface area contributed by atoms with Crippen LogP contribution in [-0.4, -0.2) is 55.2 Å². The van der Waals surface area contributed by atoms with Crippen LogP contribution >= 0.6 is 0 Å². The minimum atomic E-state index is -4.37. The molecule has 3 aliphatic rings. The Hall–Kier alpha value is -2.36.